The Balaban J connectivity index is 1.60. The molecule has 0 unspecified atom stereocenters. The lowest BCUT2D eigenvalue weighted by atomic mass is 10.1. The third-order valence-electron chi connectivity index (χ3n) is 4.20. The van der Waals surface area contributed by atoms with E-state index in [1.165, 1.54) is 0 Å². The molecular formula is C15H19Cl2N3O. The largest absolute Gasteiger partial charge is 0.367 e. The SMILES string of the molecule is O=C([C@@H]1CCCN1)N1CCN(c2ccc(Cl)cc2Cl)CC1. The summed E-state index contributed by atoms with van der Waals surface area (Å²) in [5.41, 5.74) is 0.993. The topological polar surface area (TPSA) is 35.6 Å². The van der Waals surface area contributed by atoms with E-state index in [4.69, 9.17) is 23.2 Å². The minimum absolute atomic E-state index is 0.0238. The van der Waals surface area contributed by atoms with E-state index in [0.29, 0.717) is 10.0 Å². The highest BCUT2D eigenvalue weighted by Crippen LogP contribution is 2.29. The van der Waals surface area contributed by atoms with Crippen LogP contribution in [0.5, 0.6) is 0 Å². The van der Waals surface area contributed by atoms with Crippen LogP contribution in [0.1, 0.15) is 12.8 Å². The van der Waals surface area contributed by atoms with Crippen LogP contribution in [0.3, 0.4) is 0 Å². The first-order valence-electron chi connectivity index (χ1n) is 7.37. The Morgan fingerprint density at radius 3 is 2.57 bits per heavy atom. The number of amides is 1. The summed E-state index contributed by atoms with van der Waals surface area (Å²) in [7, 11) is 0. The zero-order valence-corrected chi connectivity index (χ0v) is 13.3. The number of hydrogen-bond donors (Lipinski definition) is 1. The zero-order chi connectivity index (χ0) is 14.8. The summed E-state index contributed by atoms with van der Waals surface area (Å²) in [4.78, 5) is 16.5. The molecule has 114 valence electrons. The summed E-state index contributed by atoms with van der Waals surface area (Å²) in [6.45, 7) is 4.06. The number of anilines is 1. The molecule has 2 saturated heterocycles. The van der Waals surface area contributed by atoms with Gasteiger partial charge in [-0.2, -0.15) is 0 Å². The normalized spacial score (nSPS) is 22.7. The highest BCUT2D eigenvalue weighted by Gasteiger charge is 2.29. The molecule has 2 aliphatic rings. The van der Waals surface area contributed by atoms with Crippen molar-refractivity contribution in [2.45, 2.75) is 18.9 Å². The van der Waals surface area contributed by atoms with E-state index in [1.54, 1.807) is 6.07 Å². The number of hydrogen-bond acceptors (Lipinski definition) is 3. The van der Waals surface area contributed by atoms with Crippen LogP contribution in [0.15, 0.2) is 18.2 Å². The average molecular weight is 328 g/mol. The third-order valence-corrected chi connectivity index (χ3v) is 4.74. The second kappa shape index (κ2) is 6.42. The van der Waals surface area contributed by atoms with Crippen LogP contribution in [-0.2, 0) is 4.79 Å². The van der Waals surface area contributed by atoms with Gasteiger partial charge in [0, 0.05) is 31.2 Å². The number of halogens is 2. The number of rotatable bonds is 2. The lowest BCUT2D eigenvalue weighted by Crippen LogP contribution is -2.53. The fourth-order valence-electron chi connectivity index (χ4n) is 3.02. The summed E-state index contributed by atoms with van der Waals surface area (Å²) >= 11 is 12.2. The molecule has 0 spiro atoms. The fraction of sp³-hybridized carbons (Fsp3) is 0.533. The van der Waals surface area contributed by atoms with Crippen LogP contribution in [0.2, 0.25) is 10.0 Å². The van der Waals surface area contributed by atoms with Crippen molar-refractivity contribution in [3.63, 3.8) is 0 Å². The Morgan fingerprint density at radius 2 is 1.95 bits per heavy atom. The monoisotopic (exact) mass is 327 g/mol. The van der Waals surface area contributed by atoms with Crippen LogP contribution in [0.4, 0.5) is 5.69 Å². The van der Waals surface area contributed by atoms with Gasteiger partial charge in [-0.05, 0) is 37.6 Å². The first-order chi connectivity index (χ1) is 10.1. The second-order valence-electron chi connectivity index (χ2n) is 5.56. The van der Waals surface area contributed by atoms with Crippen molar-refractivity contribution >= 4 is 34.8 Å². The smallest absolute Gasteiger partial charge is 0.239 e. The fourth-order valence-corrected chi connectivity index (χ4v) is 3.55. The molecule has 0 radical (unpaired) electrons. The Kier molecular flexibility index (Phi) is 4.57. The third kappa shape index (κ3) is 3.28. The summed E-state index contributed by atoms with van der Waals surface area (Å²) in [5.74, 6) is 0.245. The minimum Gasteiger partial charge on any atom is -0.367 e. The quantitative estimate of drug-likeness (QED) is 0.906. The maximum absolute atomic E-state index is 12.4. The van der Waals surface area contributed by atoms with Crippen LogP contribution in [0, 0.1) is 0 Å². The lowest BCUT2D eigenvalue weighted by molar-refractivity contribution is -0.133. The van der Waals surface area contributed by atoms with Crippen molar-refractivity contribution < 1.29 is 4.79 Å². The molecule has 1 amide bonds. The molecule has 1 aromatic carbocycles. The maximum Gasteiger partial charge on any atom is 0.239 e. The van der Waals surface area contributed by atoms with Crippen LogP contribution >= 0.6 is 23.2 Å². The van der Waals surface area contributed by atoms with Crippen molar-refractivity contribution in [1.29, 1.82) is 0 Å². The van der Waals surface area contributed by atoms with Crippen molar-refractivity contribution in [2.24, 2.45) is 0 Å². The number of carbonyl (C=O) groups is 1. The van der Waals surface area contributed by atoms with E-state index < -0.39 is 0 Å². The lowest BCUT2D eigenvalue weighted by Gasteiger charge is -2.37. The molecule has 0 bridgehead atoms. The molecule has 2 fully saturated rings. The predicted octanol–water partition coefficient (Wildman–Crippen LogP) is 2.39. The number of nitrogens with one attached hydrogen (secondary N) is 1. The molecular weight excluding hydrogens is 309 g/mol. The second-order valence-corrected chi connectivity index (χ2v) is 6.40. The van der Waals surface area contributed by atoms with Gasteiger partial charge in [-0.25, -0.2) is 0 Å². The number of benzene rings is 1. The van der Waals surface area contributed by atoms with E-state index in [-0.39, 0.29) is 11.9 Å². The first-order valence-corrected chi connectivity index (χ1v) is 8.13. The van der Waals surface area contributed by atoms with Gasteiger partial charge in [0.15, 0.2) is 0 Å². The minimum atomic E-state index is 0.0238. The molecule has 1 aromatic rings. The molecule has 2 heterocycles. The predicted molar refractivity (Wildman–Crippen MR) is 86.3 cm³/mol. The molecule has 1 N–H and O–H groups in total. The van der Waals surface area contributed by atoms with Gasteiger partial charge in [0.25, 0.3) is 0 Å². The summed E-state index contributed by atoms with van der Waals surface area (Å²) in [5, 5.41) is 4.58. The van der Waals surface area contributed by atoms with Crippen molar-refractivity contribution in [3.8, 4) is 0 Å². The number of carbonyl (C=O) groups excluding carboxylic acids is 1. The van der Waals surface area contributed by atoms with Gasteiger partial charge < -0.3 is 15.1 Å². The van der Waals surface area contributed by atoms with Gasteiger partial charge in [-0.3, -0.25) is 4.79 Å². The van der Waals surface area contributed by atoms with Gasteiger partial charge in [0.2, 0.25) is 5.91 Å². The van der Waals surface area contributed by atoms with Gasteiger partial charge in [0.05, 0.1) is 16.8 Å². The van der Waals surface area contributed by atoms with Gasteiger partial charge in [-0.15, -0.1) is 0 Å². The Hall–Kier alpha value is -0.970. The number of piperazine rings is 1. The van der Waals surface area contributed by atoms with E-state index in [0.717, 1.165) is 51.3 Å². The Labute approximate surface area is 135 Å². The molecule has 21 heavy (non-hydrogen) atoms. The van der Waals surface area contributed by atoms with Gasteiger partial charge >= 0.3 is 0 Å². The summed E-state index contributed by atoms with van der Waals surface area (Å²) in [6, 6.07) is 5.58. The van der Waals surface area contributed by atoms with Crippen molar-refractivity contribution in [2.75, 3.05) is 37.6 Å². The van der Waals surface area contributed by atoms with Gasteiger partial charge in [-0.1, -0.05) is 23.2 Å². The Bertz CT molecular complexity index is 524. The molecule has 1 atom stereocenters. The molecule has 0 aliphatic carbocycles. The maximum atomic E-state index is 12.4. The summed E-state index contributed by atoms with van der Waals surface area (Å²) < 4.78 is 0. The highest BCUT2D eigenvalue weighted by molar-refractivity contribution is 6.36. The average Bonchev–Trinajstić information content (AvgIpc) is 3.01. The molecule has 6 heteroatoms. The molecule has 0 aromatic heterocycles. The van der Waals surface area contributed by atoms with E-state index in [2.05, 4.69) is 10.2 Å². The van der Waals surface area contributed by atoms with Crippen LogP contribution in [0.25, 0.3) is 0 Å². The van der Waals surface area contributed by atoms with Crippen molar-refractivity contribution in [1.82, 2.24) is 10.2 Å². The molecule has 3 rings (SSSR count). The molecule has 4 nitrogen and oxygen atoms in total. The first kappa shape index (κ1) is 14.9. The van der Waals surface area contributed by atoms with Crippen LogP contribution in [-0.4, -0.2) is 49.6 Å². The molecule has 0 saturated carbocycles. The zero-order valence-electron chi connectivity index (χ0n) is 11.8. The standard InChI is InChI=1S/C15H19Cl2N3O/c16-11-3-4-14(12(17)10-11)19-6-8-20(9-7-19)15(21)13-2-1-5-18-13/h3-4,10,13,18H,1-2,5-9H2/t13-/m0/s1. The van der Waals surface area contributed by atoms with Crippen LogP contribution < -0.4 is 10.2 Å². The van der Waals surface area contributed by atoms with E-state index in [9.17, 15) is 4.79 Å². The van der Waals surface area contributed by atoms with Crippen molar-refractivity contribution in [3.05, 3.63) is 28.2 Å². The molecule has 2 aliphatic heterocycles. The van der Waals surface area contributed by atoms with E-state index >= 15 is 0 Å². The van der Waals surface area contributed by atoms with E-state index in [1.807, 2.05) is 17.0 Å². The van der Waals surface area contributed by atoms with Gasteiger partial charge in [0.1, 0.15) is 0 Å². The Morgan fingerprint density at radius 1 is 1.19 bits per heavy atom. The summed E-state index contributed by atoms with van der Waals surface area (Å²) in [6.07, 6.45) is 2.05. The highest BCUT2D eigenvalue weighted by atomic mass is 35.5. The number of nitrogens with zero attached hydrogens (tertiary/aromatic N) is 2.